The molecule has 148 valence electrons. The Morgan fingerprint density at radius 3 is 2.24 bits per heavy atom. The van der Waals surface area contributed by atoms with Gasteiger partial charge in [-0.1, -0.05) is 23.7 Å². The van der Waals surface area contributed by atoms with Gasteiger partial charge in [-0.25, -0.2) is 13.4 Å². The number of benzene rings is 3. The summed E-state index contributed by atoms with van der Waals surface area (Å²) in [5, 5.41) is 0.547. The third-order valence-electron chi connectivity index (χ3n) is 4.83. The highest BCUT2D eigenvalue weighted by molar-refractivity contribution is 7.90. The van der Waals surface area contributed by atoms with Crippen LogP contribution >= 0.6 is 11.6 Å². The van der Waals surface area contributed by atoms with E-state index in [2.05, 4.69) is 11.1 Å². The number of hydrogen-bond acceptors (Lipinski definition) is 4. The molecule has 0 aliphatic carbocycles. The van der Waals surface area contributed by atoms with Gasteiger partial charge in [0.15, 0.2) is 9.84 Å². The molecule has 0 amide bonds. The lowest BCUT2D eigenvalue weighted by atomic mass is 10.0. The van der Waals surface area contributed by atoms with Crippen LogP contribution in [0.4, 0.5) is 0 Å². The van der Waals surface area contributed by atoms with Crippen molar-refractivity contribution in [2.24, 2.45) is 0 Å². The molecule has 0 N–H and O–H groups in total. The van der Waals surface area contributed by atoms with Gasteiger partial charge in [0.05, 0.1) is 28.1 Å². The number of ether oxygens (including phenoxy) is 1. The summed E-state index contributed by atoms with van der Waals surface area (Å²) in [5.41, 5.74) is 4.60. The first-order valence-electron chi connectivity index (χ1n) is 8.91. The van der Waals surface area contributed by atoms with Crippen molar-refractivity contribution in [3.63, 3.8) is 0 Å². The number of halogens is 1. The zero-order chi connectivity index (χ0) is 20.8. The summed E-state index contributed by atoms with van der Waals surface area (Å²) in [6, 6.07) is 18.5. The van der Waals surface area contributed by atoms with Gasteiger partial charge in [0, 0.05) is 11.9 Å². The number of aromatic nitrogens is 2. The molecule has 1 heterocycles. The second-order valence-electron chi connectivity index (χ2n) is 6.81. The Bertz CT molecular complexity index is 1330. The van der Waals surface area contributed by atoms with Gasteiger partial charge >= 0.3 is 0 Å². The quantitative estimate of drug-likeness (QED) is 0.457. The van der Waals surface area contributed by atoms with Gasteiger partial charge in [-0.05, 0) is 66.6 Å². The van der Waals surface area contributed by atoms with Crippen LogP contribution in [0.25, 0.3) is 27.8 Å². The maximum absolute atomic E-state index is 11.7. The fourth-order valence-corrected chi connectivity index (χ4v) is 4.28. The summed E-state index contributed by atoms with van der Waals surface area (Å²) < 4.78 is 30.7. The fraction of sp³-hybridized carbons (Fsp3) is 0.136. The number of imidazole rings is 1. The van der Waals surface area contributed by atoms with E-state index in [1.54, 1.807) is 31.4 Å². The topological polar surface area (TPSA) is 61.2 Å². The third kappa shape index (κ3) is 3.61. The fourth-order valence-electron chi connectivity index (χ4n) is 3.39. The second-order valence-corrected chi connectivity index (χ2v) is 9.24. The van der Waals surface area contributed by atoms with Crippen molar-refractivity contribution >= 4 is 32.5 Å². The Morgan fingerprint density at radius 1 is 0.966 bits per heavy atom. The molecule has 1 aromatic heterocycles. The molecule has 0 saturated heterocycles. The van der Waals surface area contributed by atoms with Gasteiger partial charge in [-0.3, -0.25) is 4.57 Å². The van der Waals surface area contributed by atoms with Crippen LogP contribution in [0.1, 0.15) is 5.82 Å². The molecular weight excluding hydrogens is 408 g/mol. The number of methoxy groups -OCH3 is 1. The average molecular weight is 427 g/mol. The SMILES string of the molecule is COc1ccc(-c2ccc3nc(C)n(-c4ccc(S(C)(=O)=O)cc4)c3c2)cc1Cl. The number of hydrogen-bond donors (Lipinski definition) is 0. The van der Waals surface area contributed by atoms with Gasteiger partial charge < -0.3 is 4.74 Å². The summed E-state index contributed by atoms with van der Waals surface area (Å²) in [5.74, 6) is 1.44. The first-order valence-corrected chi connectivity index (χ1v) is 11.2. The van der Waals surface area contributed by atoms with Crippen molar-refractivity contribution in [2.75, 3.05) is 13.4 Å². The van der Waals surface area contributed by atoms with E-state index in [4.69, 9.17) is 16.3 Å². The van der Waals surface area contributed by atoms with Crippen molar-refractivity contribution in [3.8, 4) is 22.6 Å². The number of sulfone groups is 1. The van der Waals surface area contributed by atoms with Crippen LogP contribution in [0.15, 0.2) is 65.6 Å². The van der Waals surface area contributed by atoms with E-state index in [1.165, 1.54) is 6.26 Å². The molecule has 0 saturated carbocycles. The minimum atomic E-state index is -3.24. The van der Waals surface area contributed by atoms with E-state index in [0.717, 1.165) is 33.7 Å². The molecule has 4 rings (SSSR count). The van der Waals surface area contributed by atoms with Crippen molar-refractivity contribution in [2.45, 2.75) is 11.8 Å². The molecule has 0 atom stereocenters. The van der Waals surface area contributed by atoms with Crippen molar-refractivity contribution in [1.82, 2.24) is 9.55 Å². The zero-order valence-corrected chi connectivity index (χ0v) is 17.8. The Kier molecular flexibility index (Phi) is 4.84. The molecule has 0 radical (unpaired) electrons. The van der Waals surface area contributed by atoms with Crippen LogP contribution in [0.5, 0.6) is 5.75 Å². The van der Waals surface area contributed by atoms with E-state index in [1.807, 2.05) is 41.8 Å². The number of fused-ring (bicyclic) bond motifs is 1. The molecule has 0 aliphatic rings. The molecule has 3 aromatic carbocycles. The van der Waals surface area contributed by atoms with Gasteiger partial charge in [0.25, 0.3) is 0 Å². The van der Waals surface area contributed by atoms with E-state index >= 15 is 0 Å². The van der Waals surface area contributed by atoms with Crippen molar-refractivity contribution < 1.29 is 13.2 Å². The molecule has 0 fully saturated rings. The molecule has 4 aromatic rings. The summed E-state index contributed by atoms with van der Waals surface area (Å²) in [4.78, 5) is 4.93. The maximum atomic E-state index is 11.7. The normalized spacial score (nSPS) is 11.7. The monoisotopic (exact) mass is 426 g/mol. The zero-order valence-electron chi connectivity index (χ0n) is 16.2. The van der Waals surface area contributed by atoms with Crippen molar-refractivity contribution in [1.29, 1.82) is 0 Å². The third-order valence-corrected chi connectivity index (χ3v) is 6.25. The summed E-state index contributed by atoms with van der Waals surface area (Å²) in [6.07, 6.45) is 1.20. The number of rotatable bonds is 4. The Labute approximate surface area is 174 Å². The van der Waals surface area contributed by atoms with Crippen LogP contribution in [-0.2, 0) is 9.84 Å². The highest BCUT2D eigenvalue weighted by Crippen LogP contribution is 2.32. The lowest BCUT2D eigenvalue weighted by Crippen LogP contribution is -2.00. The van der Waals surface area contributed by atoms with Crippen LogP contribution in [0.3, 0.4) is 0 Å². The van der Waals surface area contributed by atoms with Gasteiger partial charge in [0.1, 0.15) is 11.6 Å². The largest absolute Gasteiger partial charge is 0.495 e. The van der Waals surface area contributed by atoms with Crippen LogP contribution in [0.2, 0.25) is 5.02 Å². The van der Waals surface area contributed by atoms with E-state index in [-0.39, 0.29) is 4.90 Å². The standard InChI is InChI=1S/C22H19ClN2O3S/c1-14-24-20-10-4-16(15-5-11-22(28-2)19(23)12-15)13-21(20)25(14)17-6-8-18(9-7-17)29(3,26)27/h4-13H,1-3H3. The highest BCUT2D eigenvalue weighted by atomic mass is 35.5. The first-order chi connectivity index (χ1) is 13.8. The molecule has 0 spiro atoms. The minimum Gasteiger partial charge on any atom is -0.495 e. The molecule has 0 unspecified atom stereocenters. The first kappa shape index (κ1) is 19.5. The summed E-state index contributed by atoms with van der Waals surface area (Å²) in [6.45, 7) is 1.92. The highest BCUT2D eigenvalue weighted by Gasteiger charge is 2.13. The molecule has 0 aliphatic heterocycles. The molecule has 29 heavy (non-hydrogen) atoms. The minimum absolute atomic E-state index is 0.289. The predicted molar refractivity (Wildman–Crippen MR) is 116 cm³/mol. The van der Waals surface area contributed by atoms with Crippen LogP contribution in [0, 0.1) is 6.92 Å². The van der Waals surface area contributed by atoms with E-state index in [9.17, 15) is 8.42 Å². The van der Waals surface area contributed by atoms with Crippen molar-refractivity contribution in [3.05, 3.63) is 71.5 Å². The molecule has 5 nitrogen and oxygen atoms in total. The molecule has 0 bridgehead atoms. The predicted octanol–water partition coefficient (Wildman–Crippen LogP) is 5.07. The number of aryl methyl sites for hydroxylation is 1. The smallest absolute Gasteiger partial charge is 0.175 e. The van der Waals surface area contributed by atoms with E-state index < -0.39 is 9.84 Å². The Hall–Kier alpha value is -2.83. The van der Waals surface area contributed by atoms with Gasteiger partial charge in [-0.15, -0.1) is 0 Å². The van der Waals surface area contributed by atoms with Gasteiger partial charge in [-0.2, -0.15) is 0 Å². The van der Waals surface area contributed by atoms with Crippen LogP contribution in [-0.4, -0.2) is 31.3 Å². The lowest BCUT2D eigenvalue weighted by molar-refractivity contribution is 0.415. The van der Waals surface area contributed by atoms with Crippen LogP contribution < -0.4 is 4.74 Å². The number of nitrogens with zero attached hydrogens (tertiary/aromatic N) is 2. The van der Waals surface area contributed by atoms with E-state index in [0.29, 0.717) is 10.8 Å². The lowest BCUT2D eigenvalue weighted by Gasteiger charge is -2.10. The van der Waals surface area contributed by atoms with Gasteiger partial charge in [0.2, 0.25) is 0 Å². The summed E-state index contributed by atoms with van der Waals surface area (Å²) in [7, 11) is -1.65. The molecule has 7 heteroatoms. The Morgan fingerprint density at radius 2 is 1.62 bits per heavy atom. The molecular formula is C22H19ClN2O3S. The average Bonchev–Trinajstić information content (AvgIpc) is 3.02. The second kappa shape index (κ2) is 7.21. The summed E-state index contributed by atoms with van der Waals surface area (Å²) >= 11 is 6.29. The Balaban J connectivity index is 1.84. The maximum Gasteiger partial charge on any atom is 0.175 e.